The molecule has 106 valence electrons. The molecule has 0 radical (unpaired) electrons. The summed E-state index contributed by atoms with van der Waals surface area (Å²) in [5.74, 6) is 0.0478. The Morgan fingerprint density at radius 2 is 2.10 bits per heavy atom. The lowest BCUT2D eigenvalue weighted by molar-refractivity contribution is 0.0993. The van der Waals surface area contributed by atoms with Crippen LogP contribution < -0.4 is 5.69 Å². The average Bonchev–Trinajstić information content (AvgIpc) is 2.72. The first-order valence-electron chi connectivity index (χ1n) is 6.29. The molecule has 0 aliphatic carbocycles. The van der Waals surface area contributed by atoms with Crippen molar-refractivity contribution in [3.8, 4) is 0 Å². The second kappa shape index (κ2) is 5.66. The number of carbonyl (C=O) groups is 1. The molecule has 1 aromatic heterocycles. The number of aryl methyl sites for hydroxylation is 2. The monoisotopic (exact) mass is 291 g/mol. The molecule has 1 atom stereocenters. The minimum absolute atomic E-state index is 0.0478. The second-order valence-corrected chi connectivity index (χ2v) is 6.12. The zero-order chi connectivity index (χ0) is 14.9. The maximum absolute atomic E-state index is 12.5. The van der Waals surface area contributed by atoms with Gasteiger partial charge in [0.2, 0.25) is 0 Å². The van der Waals surface area contributed by atoms with Crippen LogP contribution in [0.4, 0.5) is 0 Å². The van der Waals surface area contributed by atoms with Crippen LogP contribution in [0.15, 0.2) is 28.2 Å². The summed E-state index contributed by atoms with van der Waals surface area (Å²) in [6.45, 7) is 5.72. The van der Waals surface area contributed by atoms with Crippen LogP contribution in [0.5, 0.6) is 0 Å². The highest BCUT2D eigenvalue weighted by molar-refractivity contribution is 8.00. The summed E-state index contributed by atoms with van der Waals surface area (Å²) in [4.78, 5) is 23.8. The highest BCUT2D eigenvalue weighted by atomic mass is 32.2. The number of aromatic nitrogens is 3. The largest absolute Gasteiger partial charge is 0.343 e. The van der Waals surface area contributed by atoms with Crippen molar-refractivity contribution in [3.63, 3.8) is 0 Å². The zero-order valence-electron chi connectivity index (χ0n) is 11.9. The van der Waals surface area contributed by atoms with Gasteiger partial charge in [-0.3, -0.25) is 9.36 Å². The Labute approximate surface area is 121 Å². The fourth-order valence-corrected chi connectivity index (χ4v) is 2.76. The number of nitrogens with one attached hydrogen (secondary N) is 1. The summed E-state index contributed by atoms with van der Waals surface area (Å²) in [6, 6.07) is 5.84. The van der Waals surface area contributed by atoms with Gasteiger partial charge in [0.1, 0.15) is 0 Å². The molecule has 1 heterocycles. The van der Waals surface area contributed by atoms with E-state index in [-0.39, 0.29) is 16.7 Å². The first kappa shape index (κ1) is 14.6. The van der Waals surface area contributed by atoms with E-state index in [4.69, 9.17) is 0 Å². The van der Waals surface area contributed by atoms with Crippen LogP contribution in [0.25, 0.3) is 0 Å². The summed E-state index contributed by atoms with van der Waals surface area (Å²) in [5, 5.41) is 6.49. The topological polar surface area (TPSA) is 67.8 Å². The van der Waals surface area contributed by atoms with Gasteiger partial charge in [-0.1, -0.05) is 29.5 Å². The number of aromatic amines is 1. The van der Waals surface area contributed by atoms with Crippen molar-refractivity contribution in [2.24, 2.45) is 7.05 Å². The van der Waals surface area contributed by atoms with Gasteiger partial charge in [0, 0.05) is 12.6 Å². The number of thioether (sulfide) groups is 1. The molecule has 6 heteroatoms. The molecule has 0 fully saturated rings. The van der Waals surface area contributed by atoms with E-state index in [1.807, 2.05) is 39.0 Å². The molecule has 5 nitrogen and oxygen atoms in total. The van der Waals surface area contributed by atoms with Crippen molar-refractivity contribution in [1.29, 1.82) is 0 Å². The molecule has 0 bridgehead atoms. The van der Waals surface area contributed by atoms with E-state index in [9.17, 15) is 9.59 Å². The Bertz CT molecular complexity index is 703. The van der Waals surface area contributed by atoms with E-state index in [1.54, 1.807) is 7.05 Å². The van der Waals surface area contributed by atoms with Crippen LogP contribution in [0.2, 0.25) is 0 Å². The van der Waals surface area contributed by atoms with Crippen LogP contribution in [-0.4, -0.2) is 25.8 Å². The van der Waals surface area contributed by atoms with Gasteiger partial charge in [-0.15, -0.1) is 5.10 Å². The van der Waals surface area contributed by atoms with Crippen LogP contribution in [0, 0.1) is 13.8 Å². The predicted octanol–water partition coefficient (Wildman–Crippen LogP) is 2.09. The van der Waals surface area contributed by atoms with Gasteiger partial charge >= 0.3 is 5.69 Å². The van der Waals surface area contributed by atoms with E-state index >= 15 is 0 Å². The van der Waals surface area contributed by atoms with E-state index < -0.39 is 0 Å². The summed E-state index contributed by atoms with van der Waals surface area (Å²) in [7, 11) is 1.63. The molecule has 0 amide bonds. The molecule has 2 aromatic rings. The third kappa shape index (κ3) is 2.85. The number of carbonyl (C=O) groups excluding carboxylic acids is 1. The van der Waals surface area contributed by atoms with Gasteiger partial charge in [-0.2, -0.15) is 0 Å². The molecule has 0 aliphatic rings. The fourth-order valence-electron chi connectivity index (χ4n) is 1.87. The summed E-state index contributed by atoms with van der Waals surface area (Å²) in [6.07, 6.45) is 0. The SMILES string of the molecule is Cc1ccc(C)c(C(=O)C(C)Sc2n[nH]c(=O)n2C)c1. The van der Waals surface area contributed by atoms with Crippen LogP contribution >= 0.6 is 11.8 Å². The number of Topliss-reactive ketones (excluding diaryl/α,β-unsaturated/α-hetero) is 1. The second-order valence-electron chi connectivity index (χ2n) is 4.81. The molecule has 0 aliphatic heterocycles. The van der Waals surface area contributed by atoms with Gasteiger partial charge in [0.05, 0.1) is 5.25 Å². The van der Waals surface area contributed by atoms with Crippen molar-refractivity contribution < 1.29 is 4.79 Å². The predicted molar refractivity (Wildman–Crippen MR) is 79.4 cm³/mol. The van der Waals surface area contributed by atoms with Crippen LogP contribution in [0.1, 0.15) is 28.4 Å². The van der Waals surface area contributed by atoms with Crippen LogP contribution in [0.3, 0.4) is 0 Å². The Morgan fingerprint density at radius 1 is 1.40 bits per heavy atom. The number of hydrogen-bond donors (Lipinski definition) is 1. The maximum Gasteiger partial charge on any atom is 0.343 e. The van der Waals surface area contributed by atoms with Crippen molar-refractivity contribution in [2.45, 2.75) is 31.2 Å². The van der Waals surface area contributed by atoms with Gasteiger partial charge in [-0.05, 0) is 32.4 Å². The average molecular weight is 291 g/mol. The standard InChI is InChI=1S/C14H17N3O2S/c1-8-5-6-9(2)11(7-8)12(18)10(3)20-14-16-15-13(19)17(14)4/h5-7,10H,1-4H3,(H,15,19). The Balaban J connectivity index is 2.23. The Morgan fingerprint density at radius 3 is 2.70 bits per heavy atom. The molecule has 0 spiro atoms. The molecular weight excluding hydrogens is 274 g/mol. The molecule has 1 unspecified atom stereocenters. The van der Waals surface area contributed by atoms with E-state index in [1.165, 1.54) is 16.3 Å². The molecular formula is C14H17N3O2S. The lowest BCUT2D eigenvalue weighted by Crippen LogP contribution is -2.17. The molecule has 2 rings (SSSR count). The molecule has 1 N–H and O–H groups in total. The number of nitrogens with zero attached hydrogens (tertiary/aromatic N) is 2. The van der Waals surface area contributed by atoms with Crippen molar-refractivity contribution in [3.05, 3.63) is 45.4 Å². The lowest BCUT2D eigenvalue weighted by atomic mass is 10.0. The summed E-state index contributed by atoms with van der Waals surface area (Å²) in [5.41, 5.74) is 2.47. The molecule has 0 saturated carbocycles. The van der Waals surface area contributed by atoms with E-state index in [2.05, 4.69) is 10.2 Å². The number of ketones is 1. The first-order chi connectivity index (χ1) is 9.40. The fraction of sp³-hybridized carbons (Fsp3) is 0.357. The minimum atomic E-state index is -0.301. The smallest absolute Gasteiger partial charge is 0.293 e. The third-order valence-electron chi connectivity index (χ3n) is 3.15. The quantitative estimate of drug-likeness (QED) is 0.692. The van der Waals surface area contributed by atoms with Gasteiger partial charge in [0.15, 0.2) is 10.9 Å². The summed E-state index contributed by atoms with van der Waals surface area (Å²) >= 11 is 1.28. The number of H-pyrrole nitrogens is 1. The van der Waals surface area contributed by atoms with Gasteiger partial charge in [0.25, 0.3) is 0 Å². The lowest BCUT2D eigenvalue weighted by Gasteiger charge is -2.12. The molecule has 20 heavy (non-hydrogen) atoms. The van der Waals surface area contributed by atoms with Crippen LogP contribution in [-0.2, 0) is 7.05 Å². The first-order valence-corrected chi connectivity index (χ1v) is 7.17. The van der Waals surface area contributed by atoms with E-state index in [0.717, 1.165) is 16.7 Å². The number of benzene rings is 1. The van der Waals surface area contributed by atoms with E-state index in [0.29, 0.717) is 5.16 Å². The maximum atomic E-state index is 12.5. The number of rotatable bonds is 4. The minimum Gasteiger partial charge on any atom is -0.293 e. The zero-order valence-corrected chi connectivity index (χ0v) is 12.7. The highest BCUT2D eigenvalue weighted by Gasteiger charge is 2.20. The highest BCUT2D eigenvalue weighted by Crippen LogP contribution is 2.24. The summed E-state index contributed by atoms with van der Waals surface area (Å²) < 4.78 is 1.40. The van der Waals surface area contributed by atoms with Crippen molar-refractivity contribution in [1.82, 2.24) is 14.8 Å². The Hall–Kier alpha value is -1.82. The van der Waals surface area contributed by atoms with Gasteiger partial charge in [-0.25, -0.2) is 9.89 Å². The van der Waals surface area contributed by atoms with Gasteiger partial charge < -0.3 is 0 Å². The number of hydrogen-bond acceptors (Lipinski definition) is 4. The molecule has 0 saturated heterocycles. The van der Waals surface area contributed by atoms with Crippen molar-refractivity contribution in [2.75, 3.05) is 0 Å². The molecule has 1 aromatic carbocycles. The van der Waals surface area contributed by atoms with Crippen molar-refractivity contribution >= 4 is 17.5 Å². The Kier molecular flexibility index (Phi) is 4.13. The normalized spacial score (nSPS) is 12.4. The third-order valence-corrected chi connectivity index (χ3v) is 4.29.